The number of furan rings is 1. The van der Waals surface area contributed by atoms with E-state index in [4.69, 9.17) is 24.4 Å². The normalized spacial score (nSPS) is 10.9. The minimum Gasteiger partial charge on any atom is -0.496 e. The lowest BCUT2D eigenvalue weighted by Crippen LogP contribution is -1.88. The molecule has 1 aromatic heterocycles. The lowest BCUT2D eigenvalue weighted by Gasteiger charge is -2.06. The lowest BCUT2D eigenvalue weighted by atomic mass is 10.1. The predicted octanol–water partition coefficient (Wildman–Crippen LogP) is 3.80. The highest BCUT2D eigenvalue weighted by molar-refractivity contribution is 5.94. The quantitative estimate of drug-likeness (QED) is 0.448. The minimum atomic E-state index is 0.505. The lowest BCUT2D eigenvalue weighted by molar-refractivity contribution is 0.322. The topological polar surface area (TPSA) is 88.0 Å². The summed E-state index contributed by atoms with van der Waals surface area (Å²) in [5.74, 6) is 1.66. The number of ether oxygens (including phenoxy) is 2. The Morgan fingerprint density at radius 2 is 1.92 bits per heavy atom. The van der Waals surface area contributed by atoms with Crippen LogP contribution in [0.15, 0.2) is 46.0 Å². The molecule has 0 unspecified atom stereocenters. The Balaban J connectivity index is 2.20. The number of nitriles is 1. The monoisotopic (exact) mass is 322 g/mol. The minimum absolute atomic E-state index is 0.505. The molecule has 0 aliphatic heterocycles. The summed E-state index contributed by atoms with van der Waals surface area (Å²) < 4.78 is 16.6. The third-order valence-electron chi connectivity index (χ3n) is 3.63. The largest absolute Gasteiger partial charge is 0.496 e. The molecule has 0 radical (unpaired) electrons. The number of methoxy groups -OCH3 is 2. The predicted molar refractivity (Wildman–Crippen MR) is 88.8 cm³/mol. The molecule has 0 saturated carbocycles. The van der Waals surface area contributed by atoms with E-state index < -0.39 is 0 Å². The zero-order chi connectivity index (χ0) is 17.1. The summed E-state index contributed by atoms with van der Waals surface area (Å²) in [7, 11) is 3.08. The van der Waals surface area contributed by atoms with Crippen molar-refractivity contribution in [3.8, 4) is 28.9 Å². The number of nitrogens with zero attached hydrogens (tertiary/aromatic N) is 2. The van der Waals surface area contributed by atoms with Crippen molar-refractivity contribution >= 4 is 17.2 Å². The molecule has 24 heavy (non-hydrogen) atoms. The molecule has 0 aliphatic carbocycles. The van der Waals surface area contributed by atoms with Gasteiger partial charge in [0.05, 0.1) is 37.6 Å². The van der Waals surface area contributed by atoms with Crippen LogP contribution in [0.3, 0.4) is 0 Å². The molecule has 6 heteroatoms. The molecule has 2 aromatic carbocycles. The number of hydrogen-bond acceptors (Lipinski definition) is 6. The molecule has 6 nitrogen and oxygen atoms in total. The fraction of sp³-hybridized carbons (Fsp3) is 0.111. The van der Waals surface area contributed by atoms with Crippen LogP contribution >= 0.6 is 0 Å². The zero-order valence-electron chi connectivity index (χ0n) is 13.1. The highest BCUT2D eigenvalue weighted by Gasteiger charge is 2.15. The van der Waals surface area contributed by atoms with E-state index in [-0.39, 0.29) is 0 Å². The summed E-state index contributed by atoms with van der Waals surface area (Å²) in [6.45, 7) is 0. The van der Waals surface area contributed by atoms with Gasteiger partial charge in [0.1, 0.15) is 11.5 Å². The first-order chi connectivity index (χ1) is 11.7. The number of hydrogen-bond donors (Lipinski definition) is 1. The molecule has 0 saturated heterocycles. The van der Waals surface area contributed by atoms with Gasteiger partial charge in [-0.3, -0.25) is 0 Å². The molecule has 0 bridgehead atoms. The van der Waals surface area contributed by atoms with E-state index in [9.17, 15) is 0 Å². The molecule has 120 valence electrons. The second-order valence-corrected chi connectivity index (χ2v) is 5.02. The molecule has 3 rings (SSSR count). The first-order valence-electron chi connectivity index (χ1n) is 7.07. The Morgan fingerprint density at radius 3 is 2.58 bits per heavy atom. The van der Waals surface area contributed by atoms with Crippen molar-refractivity contribution in [1.29, 1.82) is 5.26 Å². The Hall–Kier alpha value is -3.46. The maximum atomic E-state index is 9.00. The average Bonchev–Trinajstić information content (AvgIpc) is 3.04. The van der Waals surface area contributed by atoms with Crippen molar-refractivity contribution in [2.24, 2.45) is 5.16 Å². The van der Waals surface area contributed by atoms with Crippen LogP contribution in [0, 0.1) is 11.3 Å². The second-order valence-electron chi connectivity index (χ2n) is 5.02. The average molecular weight is 322 g/mol. The maximum absolute atomic E-state index is 9.00. The fourth-order valence-electron chi connectivity index (χ4n) is 2.53. The Labute approximate surface area is 138 Å². The molecular formula is C18H14N2O4. The van der Waals surface area contributed by atoms with Crippen LogP contribution in [0.25, 0.3) is 22.3 Å². The van der Waals surface area contributed by atoms with Crippen molar-refractivity contribution in [1.82, 2.24) is 0 Å². The van der Waals surface area contributed by atoms with Gasteiger partial charge < -0.3 is 19.1 Å². The molecule has 1 N–H and O–H groups in total. The standard InChI is InChI=1S/C18H14N2O4/c1-22-15-6-11(9-19)3-4-14(15)16-8-13-5-12(10-20-21)7-17(23-2)18(13)24-16/h3-8,10,21H,1-2H3/b20-10+. The molecule has 1 heterocycles. The number of rotatable bonds is 4. The van der Waals surface area contributed by atoms with Gasteiger partial charge in [-0.2, -0.15) is 5.26 Å². The Morgan fingerprint density at radius 1 is 1.12 bits per heavy atom. The van der Waals surface area contributed by atoms with E-state index in [1.54, 1.807) is 38.5 Å². The summed E-state index contributed by atoms with van der Waals surface area (Å²) in [5, 5.41) is 21.6. The number of oxime groups is 1. The van der Waals surface area contributed by atoms with Crippen LogP contribution in [0.5, 0.6) is 11.5 Å². The maximum Gasteiger partial charge on any atom is 0.176 e. The SMILES string of the molecule is COc1cc(C#N)ccc1-c1cc2cc(/C=N/O)cc(OC)c2o1. The van der Waals surface area contributed by atoms with Gasteiger partial charge >= 0.3 is 0 Å². The summed E-state index contributed by atoms with van der Waals surface area (Å²) in [4.78, 5) is 0. The van der Waals surface area contributed by atoms with E-state index in [0.29, 0.717) is 34.0 Å². The van der Waals surface area contributed by atoms with Crippen molar-refractivity contribution < 1.29 is 19.1 Å². The third-order valence-corrected chi connectivity index (χ3v) is 3.63. The molecular weight excluding hydrogens is 308 g/mol. The van der Waals surface area contributed by atoms with Gasteiger partial charge in [0, 0.05) is 10.9 Å². The van der Waals surface area contributed by atoms with Crippen molar-refractivity contribution in [3.63, 3.8) is 0 Å². The van der Waals surface area contributed by atoms with Crippen LogP contribution in [-0.2, 0) is 0 Å². The number of fused-ring (bicyclic) bond motifs is 1. The number of benzene rings is 2. The van der Waals surface area contributed by atoms with Gasteiger partial charge in [-0.1, -0.05) is 5.16 Å². The molecule has 0 spiro atoms. The fourth-order valence-corrected chi connectivity index (χ4v) is 2.53. The van der Waals surface area contributed by atoms with Crippen LogP contribution < -0.4 is 9.47 Å². The second kappa shape index (κ2) is 6.34. The van der Waals surface area contributed by atoms with Gasteiger partial charge in [0.25, 0.3) is 0 Å². The smallest absolute Gasteiger partial charge is 0.176 e. The first kappa shape index (κ1) is 15.4. The van der Waals surface area contributed by atoms with Crippen LogP contribution in [-0.4, -0.2) is 25.6 Å². The van der Waals surface area contributed by atoms with Gasteiger partial charge in [0.15, 0.2) is 11.3 Å². The Bertz CT molecular complexity index is 967. The van der Waals surface area contributed by atoms with E-state index in [1.165, 1.54) is 6.21 Å². The summed E-state index contributed by atoms with van der Waals surface area (Å²) >= 11 is 0. The summed E-state index contributed by atoms with van der Waals surface area (Å²) in [6, 6.07) is 12.6. The molecule has 0 atom stereocenters. The molecule has 0 amide bonds. The summed E-state index contributed by atoms with van der Waals surface area (Å²) in [6.07, 6.45) is 1.32. The first-order valence-corrected chi connectivity index (χ1v) is 7.07. The third kappa shape index (κ3) is 2.63. The van der Waals surface area contributed by atoms with Gasteiger partial charge in [-0.25, -0.2) is 0 Å². The van der Waals surface area contributed by atoms with Gasteiger partial charge in [0.2, 0.25) is 0 Å². The summed E-state index contributed by atoms with van der Waals surface area (Å²) in [5.41, 5.74) is 2.49. The van der Waals surface area contributed by atoms with E-state index in [1.807, 2.05) is 12.1 Å². The van der Waals surface area contributed by atoms with E-state index in [0.717, 1.165) is 10.9 Å². The molecule has 3 aromatic rings. The molecule has 0 aliphatic rings. The van der Waals surface area contributed by atoms with Crippen LogP contribution in [0.1, 0.15) is 11.1 Å². The highest BCUT2D eigenvalue weighted by Crippen LogP contribution is 2.38. The van der Waals surface area contributed by atoms with E-state index in [2.05, 4.69) is 11.2 Å². The Kier molecular flexibility index (Phi) is 4.08. The zero-order valence-corrected chi connectivity index (χ0v) is 13.1. The van der Waals surface area contributed by atoms with Crippen LogP contribution in [0.4, 0.5) is 0 Å². The molecule has 0 fully saturated rings. The van der Waals surface area contributed by atoms with Gasteiger partial charge in [-0.15, -0.1) is 0 Å². The van der Waals surface area contributed by atoms with Crippen LogP contribution in [0.2, 0.25) is 0 Å². The van der Waals surface area contributed by atoms with Crippen molar-refractivity contribution in [2.45, 2.75) is 0 Å². The van der Waals surface area contributed by atoms with E-state index >= 15 is 0 Å². The van der Waals surface area contributed by atoms with Crippen molar-refractivity contribution in [2.75, 3.05) is 14.2 Å². The highest BCUT2D eigenvalue weighted by atomic mass is 16.5. The van der Waals surface area contributed by atoms with Crippen molar-refractivity contribution in [3.05, 3.63) is 47.5 Å². The van der Waals surface area contributed by atoms with Gasteiger partial charge in [-0.05, 0) is 36.4 Å².